The lowest BCUT2D eigenvalue weighted by Crippen LogP contribution is -2.19. The molecular weight excluding hydrogens is 194 g/mol. The van der Waals surface area contributed by atoms with Crippen LogP contribution in [0.4, 0.5) is 0 Å². The average Bonchev–Trinajstić information content (AvgIpc) is 2.60. The Kier molecular flexibility index (Phi) is 2.48. The lowest BCUT2D eigenvalue weighted by molar-refractivity contribution is -0.137. The number of carboxylic acids is 1. The molecule has 1 aromatic rings. The second-order valence-electron chi connectivity index (χ2n) is 3.96. The molecule has 2 heterocycles. The number of hydrogen-bond donors (Lipinski definition) is 2. The molecule has 5 heteroatoms. The van der Waals surface area contributed by atoms with Crippen LogP contribution in [-0.4, -0.2) is 20.6 Å². The van der Waals surface area contributed by atoms with Crippen molar-refractivity contribution in [3.05, 3.63) is 17.2 Å². The molecule has 5 nitrogen and oxygen atoms in total. The van der Waals surface area contributed by atoms with Gasteiger partial charge in [0.25, 0.3) is 0 Å². The van der Waals surface area contributed by atoms with Gasteiger partial charge in [0.1, 0.15) is 5.82 Å². The summed E-state index contributed by atoms with van der Waals surface area (Å²) >= 11 is 0. The van der Waals surface area contributed by atoms with Crippen LogP contribution in [0.15, 0.2) is 0 Å². The van der Waals surface area contributed by atoms with Crippen molar-refractivity contribution < 1.29 is 9.90 Å². The Balaban J connectivity index is 2.31. The summed E-state index contributed by atoms with van der Waals surface area (Å²) < 4.78 is 2.07. The van der Waals surface area contributed by atoms with Crippen molar-refractivity contribution >= 4 is 5.97 Å². The number of aromatic nitrogens is 2. The van der Waals surface area contributed by atoms with Crippen LogP contribution in [0.2, 0.25) is 0 Å². The summed E-state index contributed by atoms with van der Waals surface area (Å²) in [5.41, 5.74) is 7.64. The molecule has 2 rings (SSSR count). The van der Waals surface area contributed by atoms with E-state index in [0.29, 0.717) is 0 Å². The fraction of sp³-hybridized carbons (Fsp3) is 0.600. The number of carboxylic acid groups (broad SMARTS) is 1. The van der Waals surface area contributed by atoms with Gasteiger partial charge in [-0.2, -0.15) is 0 Å². The molecule has 0 saturated heterocycles. The number of aliphatic carboxylic acids is 1. The van der Waals surface area contributed by atoms with Crippen molar-refractivity contribution in [2.45, 2.75) is 38.8 Å². The quantitative estimate of drug-likeness (QED) is 0.764. The molecular formula is C10H15N3O2. The molecule has 1 aliphatic heterocycles. The highest BCUT2D eigenvalue weighted by molar-refractivity contribution is 5.67. The minimum Gasteiger partial charge on any atom is -0.481 e. The van der Waals surface area contributed by atoms with Crippen LogP contribution in [-0.2, 0) is 17.8 Å². The van der Waals surface area contributed by atoms with E-state index < -0.39 is 12.0 Å². The Morgan fingerprint density at radius 3 is 3.13 bits per heavy atom. The number of rotatable bonds is 3. The molecule has 0 bridgehead atoms. The molecule has 1 unspecified atom stereocenters. The van der Waals surface area contributed by atoms with Gasteiger partial charge in [-0.1, -0.05) is 0 Å². The van der Waals surface area contributed by atoms with E-state index in [-0.39, 0.29) is 6.42 Å². The molecule has 0 amide bonds. The minimum atomic E-state index is -0.865. The van der Waals surface area contributed by atoms with Crippen LogP contribution >= 0.6 is 0 Å². The van der Waals surface area contributed by atoms with E-state index in [1.165, 1.54) is 0 Å². The number of nitrogens with two attached hydrogens (primary N) is 1. The van der Waals surface area contributed by atoms with Crippen LogP contribution < -0.4 is 5.73 Å². The summed E-state index contributed by atoms with van der Waals surface area (Å²) in [6.07, 6.45) is 2.02. The van der Waals surface area contributed by atoms with Crippen LogP contribution in [0.3, 0.4) is 0 Å². The van der Waals surface area contributed by atoms with Gasteiger partial charge in [-0.25, -0.2) is 4.98 Å². The van der Waals surface area contributed by atoms with E-state index in [0.717, 1.165) is 36.6 Å². The highest BCUT2D eigenvalue weighted by Gasteiger charge is 2.24. The zero-order valence-corrected chi connectivity index (χ0v) is 8.73. The zero-order chi connectivity index (χ0) is 11.0. The topological polar surface area (TPSA) is 81.1 Å². The Morgan fingerprint density at radius 2 is 2.47 bits per heavy atom. The fourth-order valence-corrected chi connectivity index (χ4v) is 2.23. The third kappa shape index (κ3) is 1.74. The molecule has 0 aliphatic carbocycles. The molecule has 1 aliphatic rings. The van der Waals surface area contributed by atoms with Crippen molar-refractivity contribution in [1.82, 2.24) is 9.55 Å². The van der Waals surface area contributed by atoms with Gasteiger partial charge in [0, 0.05) is 13.0 Å². The highest BCUT2D eigenvalue weighted by Crippen LogP contribution is 2.25. The molecule has 82 valence electrons. The fourth-order valence-electron chi connectivity index (χ4n) is 2.23. The van der Waals surface area contributed by atoms with Gasteiger partial charge in [-0.05, 0) is 13.3 Å². The summed E-state index contributed by atoms with van der Waals surface area (Å²) in [6, 6.07) is -0.443. The lowest BCUT2D eigenvalue weighted by atomic mass is 10.1. The number of fused-ring (bicyclic) bond motifs is 1. The standard InChI is InChI=1S/C10H15N3O2/c1-6-10(7(11)5-9(14)15)13-4-2-3-8(13)12-6/h7H,2-5,11H2,1H3,(H,14,15). The molecule has 1 aromatic heterocycles. The Labute approximate surface area is 87.9 Å². The molecule has 15 heavy (non-hydrogen) atoms. The number of imidazole rings is 1. The van der Waals surface area contributed by atoms with Crippen molar-refractivity contribution in [2.75, 3.05) is 0 Å². The molecule has 0 saturated carbocycles. The second kappa shape index (κ2) is 3.66. The van der Waals surface area contributed by atoms with Gasteiger partial charge in [-0.3, -0.25) is 4.79 Å². The lowest BCUT2D eigenvalue weighted by Gasteiger charge is -2.12. The van der Waals surface area contributed by atoms with Crippen LogP contribution in [0.25, 0.3) is 0 Å². The molecule has 0 fully saturated rings. The Bertz CT molecular complexity index is 398. The van der Waals surface area contributed by atoms with E-state index in [1.54, 1.807) is 0 Å². The maximum Gasteiger partial charge on any atom is 0.305 e. The van der Waals surface area contributed by atoms with Crippen molar-refractivity contribution in [3.63, 3.8) is 0 Å². The summed E-state index contributed by atoms with van der Waals surface area (Å²) in [5, 5.41) is 8.71. The molecule has 3 N–H and O–H groups in total. The molecule has 0 spiro atoms. The summed E-state index contributed by atoms with van der Waals surface area (Å²) in [7, 11) is 0. The van der Waals surface area contributed by atoms with Crippen LogP contribution in [0, 0.1) is 6.92 Å². The first-order chi connectivity index (χ1) is 7.09. The summed E-state index contributed by atoms with van der Waals surface area (Å²) in [4.78, 5) is 15.0. The smallest absolute Gasteiger partial charge is 0.305 e. The zero-order valence-electron chi connectivity index (χ0n) is 8.73. The number of nitrogens with zero attached hydrogens (tertiary/aromatic N) is 2. The van der Waals surface area contributed by atoms with Gasteiger partial charge in [0.2, 0.25) is 0 Å². The van der Waals surface area contributed by atoms with E-state index >= 15 is 0 Å². The maximum atomic E-state index is 10.6. The van der Waals surface area contributed by atoms with E-state index in [4.69, 9.17) is 10.8 Å². The number of hydrogen-bond acceptors (Lipinski definition) is 3. The minimum absolute atomic E-state index is 0.0357. The van der Waals surface area contributed by atoms with Gasteiger partial charge < -0.3 is 15.4 Å². The molecule has 0 radical (unpaired) electrons. The monoisotopic (exact) mass is 209 g/mol. The average molecular weight is 209 g/mol. The normalized spacial score (nSPS) is 16.4. The summed E-state index contributed by atoms with van der Waals surface area (Å²) in [5.74, 6) is 0.179. The largest absolute Gasteiger partial charge is 0.481 e. The predicted octanol–water partition coefficient (Wildman–Crippen LogP) is 0.612. The first-order valence-electron chi connectivity index (χ1n) is 5.13. The number of carbonyl (C=O) groups is 1. The Morgan fingerprint density at radius 1 is 1.73 bits per heavy atom. The first-order valence-corrected chi connectivity index (χ1v) is 5.13. The van der Waals surface area contributed by atoms with Crippen LogP contribution in [0.1, 0.15) is 36.1 Å². The van der Waals surface area contributed by atoms with E-state index in [9.17, 15) is 4.79 Å². The summed E-state index contributed by atoms with van der Waals surface area (Å²) in [6.45, 7) is 2.81. The number of aryl methyl sites for hydroxylation is 2. The Hall–Kier alpha value is -1.36. The van der Waals surface area contributed by atoms with E-state index in [2.05, 4.69) is 9.55 Å². The SMILES string of the molecule is Cc1nc2n(c1C(N)CC(=O)O)CCC2. The van der Waals surface area contributed by atoms with Crippen molar-refractivity contribution in [2.24, 2.45) is 5.73 Å². The molecule has 1 atom stereocenters. The van der Waals surface area contributed by atoms with Gasteiger partial charge in [0.15, 0.2) is 0 Å². The maximum absolute atomic E-state index is 10.6. The van der Waals surface area contributed by atoms with Crippen molar-refractivity contribution in [1.29, 1.82) is 0 Å². The third-order valence-corrected chi connectivity index (χ3v) is 2.80. The predicted molar refractivity (Wildman–Crippen MR) is 54.5 cm³/mol. The van der Waals surface area contributed by atoms with Gasteiger partial charge >= 0.3 is 5.97 Å². The molecule has 0 aromatic carbocycles. The highest BCUT2D eigenvalue weighted by atomic mass is 16.4. The van der Waals surface area contributed by atoms with Crippen LogP contribution in [0.5, 0.6) is 0 Å². The second-order valence-corrected chi connectivity index (χ2v) is 3.96. The van der Waals surface area contributed by atoms with Gasteiger partial charge in [0.05, 0.1) is 23.9 Å². The first kappa shape index (κ1) is 10.2. The van der Waals surface area contributed by atoms with Crippen molar-refractivity contribution in [3.8, 4) is 0 Å². The van der Waals surface area contributed by atoms with E-state index in [1.807, 2.05) is 6.92 Å². The third-order valence-electron chi connectivity index (χ3n) is 2.80. The van der Waals surface area contributed by atoms with Gasteiger partial charge in [-0.15, -0.1) is 0 Å².